The van der Waals surface area contributed by atoms with Crippen LogP contribution in [0.25, 0.3) is 22.2 Å². The van der Waals surface area contributed by atoms with E-state index in [1.54, 1.807) is 19.1 Å². The van der Waals surface area contributed by atoms with Crippen molar-refractivity contribution in [2.75, 3.05) is 40.5 Å². The molecule has 5 heteroatoms. The van der Waals surface area contributed by atoms with Gasteiger partial charge in [-0.15, -0.1) is 0 Å². The molecule has 0 N–H and O–H groups in total. The lowest BCUT2D eigenvalue weighted by atomic mass is 10.0. The molecule has 1 aromatic heterocycles. The number of aryl methyl sites for hydroxylation is 1. The van der Waals surface area contributed by atoms with Crippen LogP contribution in [0.4, 0.5) is 0 Å². The third-order valence-corrected chi connectivity index (χ3v) is 4.71. The van der Waals surface area contributed by atoms with Crippen LogP contribution in [0.15, 0.2) is 54.6 Å². The van der Waals surface area contributed by atoms with E-state index < -0.39 is 0 Å². The summed E-state index contributed by atoms with van der Waals surface area (Å²) in [5, 5.41) is 0.850. The maximum atomic E-state index is 13.4. The number of aromatic nitrogens is 1. The zero-order chi connectivity index (χ0) is 19.9. The first-order chi connectivity index (χ1) is 13.6. The smallest absolute Gasteiger partial charge is 0.254 e. The first kappa shape index (κ1) is 20.0. The molecule has 0 fully saturated rings. The molecule has 0 spiro atoms. The Balaban J connectivity index is 2.06. The van der Waals surface area contributed by atoms with Gasteiger partial charge < -0.3 is 14.4 Å². The summed E-state index contributed by atoms with van der Waals surface area (Å²) in [6.45, 7) is 4.02. The summed E-state index contributed by atoms with van der Waals surface area (Å²) < 4.78 is 10.4. The van der Waals surface area contributed by atoms with Gasteiger partial charge in [0.25, 0.3) is 5.91 Å². The lowest BCUT2D eigenvalue weighted by Crippen LogP contribution is -2.36. The van der Waals surface area contributed by atoms with Crippen LogP contribution < -0.4 is 0 Å². The van der Waals surface area contributed by atoms with Crippen LogP contribution in [-0.2, 0) is 9.47 Å². The molecule has 0 radical (unpaired) electrons. The molecule has 1 heterocycles. The number of hydrogen-bond acceptors (Lipinski definition) is 4. The number of ether oxygens (including phenoxy) is 2. The highest BCUT2D eigenvalue weighted by atomic mass is 16.5. The van der Waals surface area contributed by atoms with Gasteiger partial charge in [0.2, 0.25) is 0 Å². The van der Waals surface area contributed by atoms with Gasteiger partial charge in [0.05, 0.1) is 30.0 Å². The van der Waals surface area contributed by atoms with Crippen molar-refractivity contribution < 1.29 is 14.3 Å². The Morgan fingerprint density at radius 3 is 2.25 bits per heavy atom. The van der Waals surface area contributed by atoms with Crippen molar-refractivity contribution >= 4 is 16.8 Å². The third-order valence-electron chi connectivity index (χ3n) is 4.71. The fourth-order valence-corrected chi connectivity index (χ4v) is 3.11. The van der Waals surface area contributed by atoms with Crippen LogP contribution in [0, 0.1) is 6.92 Å². The van der Waals surface area contributed by atoms with Gasteiger partial charge in [-0.3, -0.25) is 4.79 Å². The molecule has 2 aromatic carbocycles. The Labute approximate surface area is 165 Å². The fourth-order valence-electron chi connectivity index (χ4n) is 3.11. The molecular weight excluding hydrogens is 352 g/mol. The minimum absolute atomic E-state index is 0.0407. The lowest BCUT2D eigenvalue weighted by molar-refractivity contribution is 0.0629. The predicted molar refractivity (Wildman–Crippen MR) is 112 cm³/mol. The minimum Gasteiger partial charge on any atom is -0.383 e. The number of carbonyl (C=O) groups excluding carboxylic acids is 1. The number of amides is 1. The molecule has 3 aromatic rings. The van der Waals surface area contributed by atoms with Crippen LogP contribution in [-0.4, -0.2) is 56.3 Å². The monoisotopic (exact) mass is 378 g/mol. The SMILES string of the molecule is COCCN(CCOC)C(=O)c1cc(-c2ccc(C)cc2)nc2ccccc12. The van der Waals surface area contributed by atoms with Gasteiger partial charge in [-0.1, -0.05) is 48.0 Å². The normalized spacial score (nSPS) is 11.0. The van der Waals surface area contributed by atoms with E-state index in [-0.39, 0.29) is 5.91 Å². The van der Waals surface area contributed by atoms with E-state index in [2.05, 4.69) is 19.1 Å². The zero-order valence-electron chi connectivity index (χ0n) is 16.6. The lowest BCUT2D eigenvalue weighted by Gasteiger charge is -2.23. The number of benzene rings is 2. The molecule has 0 saturated carbocycles. The molecule has 0 atom stereocenters. The first-order valence-corrected chi connectivity index (χ1v) is 9.38. The molecule has 0 aliphatic rings. The van der Waals surface area contributed by atoms with Crippen LogP contribution in [0.3, 0.4) is 0 Å². The molecule has 146 valence electrons. The Morgan fingerprint density at radius 2 is 1.61 bits per heavy atom. The number of pyridine rings is 1. The summed E-state index contributed by atoms with van der Waals surface area (Å²) in [6, 6.07) is 17.8. The maximum Gasteiger partial charge on any atom is 0.254 e. The summed E-state index contributed by atoms with van der Waals surface area (Å²) >= 11 is 0. The quantitative estimate of drug-likeness (QED) is 0.596. The second-order valence-corrected chi connectivity index (χ2v) is 6.72. The number of methoxy groups -OCH3 is 2. The molecule has 28 heavy (non-hydrogen) atoms. The van der Waals surface area contributed by atoms with Gasteiger partial charge in [0, 0.05) is 38.3 Å². The summed E-state index contributed by atoms with van der Waals surface area (Å²) in [4.78, 5) is 19.9. The molecule has 0 saturated heterocycles. The van der Waals surface area contributed by atoms with Crippen LogP contribution in [0.1, 0.15) is 15.9 Å². The van der Waals surface area contributed by atoms with Gasteiger partial charge in [-0.05, 0) is 19.1 Å². The van der Waals surface area contributed by atoms with Gasteiger partial charge in [-0.2, -0.15) is 0 Å². The maximum absolute atomic E-state index is 13.4. The number of carbonyl (C=O) groups is 1. The highest BCUT2D eigenvalue weighted by Gasteiger charge is 2.19. The summed E-state index contributed by atoms with van der Waals surface area (Å²) in [6.07, 6.45) is 0. The van der Waals surface area contributed by atoms with Crippen LogP contribution >= 0.6 is 0 Å². The second kappa shape index (κ2) is 9.44. The van der Waals surface area contributed by atoms with Gasteiger partial charge in [0.1, 0.15) is 0 Å². The fraction of sp³-hybridized carbons (Fsp3) is 0.304. The number of fused-ring (bicyclic) bond motifs is 1. The molecule has 0 aliphatic carbocycles. The predicted octanol–water partition coefficient (Wildman–Crippen LogP) is 3.95. The standard InChI is InChI=1S/C23H26N2O3/c1-17-8-10-18(11-9-17)22-16-20(19-6-4-5-7-21(19)24-22)23(26)25(12-14-27-2)13-15-28-3/h4-11,16H,12-15H2,1-3H3. The van der Waals surface area contributed by atoms with E-state index in [9.17, 15) is 4.79 Å². The Morgan fingerprint density at radius 1 is 0.964 bits per heavy atom. The van der Waals surface area contributed by atoms with Crippen molar-refractivity contribution in [1.82, 2.24) is 9.88 Å². The van der Waals surface area contributed by atoms with Crippen molar-refractivity contribution in [3.05, 3.63) is 65.7 Å². The number of rotatable bonds is 8. The number of para-hydroxylation sites is 1. The van der Waals surface area contributed by atoms with E-state index in [1.165, 1.54) is 5.56 Å². The average molecular weight is 378 g/mol. The topological polar surface area (TPSA) is 51.7 Å². The van der Waals surface area contributed by atoms with E-state index in [0.717, 1.165) is 22.2 Å². The third kappa shape index (κ3) is 4.55. The van der Waals surface area contributed by atoms with Crippen molar-refractivity contribution in [1.29, 1.82) is 0 Å². The van der Waals surface area contributed by atoms with Gasteiger partial charge in [0.15, 0.2) is 0 Å². The minimum atomic E-state index is -0.0407. The van der Waals surface area contributed by atoms with Crippen LogP contribution in [0.2, 0.25) is 0 Å². The molecule has 0 aliphatic heterocycles. The van der Waals surface area contributed by atoms with Crippen molar-refractivity contribution in [2.45, 2.75) is 6.92 Å². The summed E-state index contributed by atoms with van der Waals surface area (Å²) in [5.74, 6) is -0.0407. The molecule has 3 rings (SSSR count). The van der Waals surface area contributed by atoms with Crippen molar-refractivity contribution in [2.24, 2.45) is 0 Å². The van der Waals surface area contributed by atoms with E-state index in [0.29, 0.717) is 31.9 Å². The molecule has 0 bridgehead atoms. The number of hydrogen-bond donors (Lipinski definition) is 0. The molecule has 1 amide bonds. The van der Waals surface area contributed by atoms with E-state index in [1.807, 2.05) is 42.5 Å². The highest BCUT2D eigenvalue weighted by molar-refractivity contribution is 6.07. The molecular formula is C23H26N2O3. The van der Waals surface area contributed by atoms with Crippen molar-refractivity contribution in [3.8, 4) is 11.3 Å². The van der Waals surface area contributed by atoms with Crippen molar-refractivity contribution in [3.63, 3.8) is 0 Å². The molecule has 0 unspecified atom stereocenters. The average Bonchev–Trinajstić information content (AvgIpc) is 2.73. The zero-order valence-corrected chi connectivity index (χ0v) is 16.6. The van der Waals surface area contributed by atoms with E-state index >= 15 is 0 Å². The second-order valence-electron chi connectivity index (χ2n) is 6.72. The van der Waals surface area contributed by atoms with Gasteiger partial charge in [-0.25, -0.2) is 4.98 Å². The molecule has 5 nitrogen and oxygen atoms in total. The number of nitrogens with zero attached hydrogens (tertiary/aromatic N) is 2. The highest BCUT2D eigenvalue weighted by Crippen LogP contribution is 2.26. The summed E-state index contributed by atoms with van der Waals surface area (Å²) in [5.41, 5.74) is 4.42. The Kier molecular flexibility index (Phi) is 6.74. The Hall–Kier alpha value is -2.76. The van der Waals surface area contributed by atoms with E-state index in [4.69, 9.17) is 14.5 Å². The first-order valence-electron chi connectivity index (χ1n) is 9.38. The Bertz CT molecular complexity index is 930. The largest absolute Gasteiger partial charge is 0.383 e. The van der Waals surface area contributed by atoms with Crippen LogP contribution in [0.5, 0.6) is 0 Å². The summed E-state index contributed by atoms with van der Waals surface area (Å²) in [7, 11) is 3.27. The van der Waals surface area contributed by atoms with Gasteiger partial charge >= 0.3 is 0 Å².